The van der Waals surface area contributed by atoms with Gasteiger partial charge in [-0.1, -0.05) is 59.8 Å². The lowest BCUT2D eigenvalue weighted by molar-refractivity contribution is -0.122. The van der Waals surface area contributed by atoms with Gasteiger partial charge in [-0.3, -0.25) is 14.6 Å². The molecule has 44 heavy (non-hydrogen) atoms. The largest absolute Gasteiger partial charge is 0.492 e. The zero-order chi connectivity index (χ0) is 31.1. The summed E-state index contributed by atoms with van der Waals surface area (Å²) in [7, 11) is 0. The number of rotatable bonds is 12. The summed E-state index contributed by atoms with van der Waals surface area (Å²) in [5, 5.41) is 9.63. The van der Waals surface area contributed by atoms with Crippen molar-refractivity contribution in [1.82, 2.24) is 9.80 Å². The van der Waals surface area contributed by atoms with Crippen LogP contribution in [0.1, 0.15) is 28.4 Å². The maximum atomic E-state index is 13.3. The molecule has 0 spiro atoms. The van der Waals surface area contributed by atoms with Gasteiger partial charge in [0, 0.05) is 31.7 Å². The minimum atomic E-state index is -0.972. The Labute approximate surface area is 271 Å². The third kappa shape index (κ3) is 7.99. The second kappa shape index (κ2) is 15.0. The zero-order valence-electron chi connectivity index (χ0n) is 24.3. The SMILES string of the molecule is CCOc1ccc(-c2cc(C=C3SC(=S)N(CCc4ccc(C(=O)O)cc4)C3=O)ccc2OCCN2CCOCC2)cc1Cl. The molecule has 8 nitrogen and oxygen atoms in total. The maximum absolute atomic E-state index is 13.3. The minimum Gasteiger partial charge on any atom is -0.492 e. The van der Waals surface area contributed by atoms with Crippen LogP contribution in [0, 0.1) is 0 Å². The van der Waals surface area contributed by atoms with Crippen LogP contribution < -0.4 is 9.47 Å². The number of carboxylic acid groups (broad SMARTS) is 1. The van der Waals surface area contributed by atoms with E-state index < -0.39 is 5.97 Å². The van der Waals surface area contributed by atoms with Gasteiger partial charge in [0.05, 0.1) is 35.3 Å². The Morgan fingerprint density at radius 3 is 2.50 bits per heavy atom. The standard InChI is InChI=1S/C33H33ClN2O6S2/c1-2-41-29-10-8-25(21-27(29)34)26-19-23(5-9-28(26)42-18-15-35-13-16-40-17-14-35)20-30-31(37)36(33(43)44-30)12-11-22-3-6-24(7-4-22)32(38)39/h3-10,19-21H,2,11-18H2,1H3,(H,38,39). The molecular formula is C33H33ClN2O6S2. The number of carbonyl (C=O) groups excluding carboxylic acids is 1. The molecule has 230 valence electrons. The number of thioether (sulfide) groups is 1. The summed E-state index contributed by atoms with van der Waals surface area (Å²) >= 11 is 13.4. The van der Waals surface area contributed by atoms with E-state index in [1.807, 2.05) is 49.4 Å². The predicted molar refractivity (Wildman–Crippen MR) is 178 cm³/mol. The van der Waals surface area contributed by atoms with Gasteiger partial charge in [-0.2, -0.15) is 0 Å². The van der Waals surface area contributed by atoms with E-state index >= 15 is 0 Å². The number of carbonyl (C=O) groups is 2. The van der Waals surface area contributed by atoms with E-state index in [-0.39, 0.29) is 11.5 Å². The monoisotopic (exact) mass is 652 g/mol. The molecule has 0 aliphatic carbocycles. The number of halogens is 1. The van der Waals surface area contributed by atoms with Gasteiger partial charge in [0.25, 0.3) is 5.91 Å². The molecule has 1 N–H and O–H groups in total. The Hall–Kier alpha value is -3.41. The highest BCUT2D eigenvalue weighted by Crippen LogP contribution is 2.38. The highest BCUT2D eigenvalue weighted by molar-refractivity contribution is 8.26. The Morgan fingerprint density at radius 1 is 1.05 bits per heavy atom. The summed E-state index contributed by atoms with van der Waals surface area (Å²) in [5.74, 6) is 0.209. The van der Waals surface area contributed by atoms with E-state index in [1.54, 1.807) is 29.2 Å². The Bertz CT molecular complexity index is 1560. The van der Waals surface area contributed by atoms with Crippen LogP contribution >= 0.6 is 35.6 Å². The van der Waals surface area contributed by atoms with Gasteiger partial charge in [-0.25, -0.2) is 4.79 Å². The van der Waals surface area contributed by atoms with Crippen molar-refractivity contribution in [3.8, 4) is 22.6 Å². The van der Waals surface area contributed by atoms with Crippen molar-refractivity contribution >= 4 is 57.9 Å². The van der Waals surface area contributed by atoms with Crippen LogP contribution in [0.25, 0.3) is 17.2 Å². The van der Waals surface area contributed by atoms with Gasteiger partial charge in [0.15, 0.2) is 0 Å². The molecule has 0 saturated carbocycles. The summed E-state index contributed by atoms with van der Waals surface area (Å²) < 4.78 is 17.8. The predicted octanol–water partition coefficient (Wildman–Crippen LogP) is 6.26. The topological polar surface area (TPSA) is 88.5 Å². The third-order valence-corrected chi connectivity index (χ3v) is 8.98. The average molecular weight is 653 g/mol. The fourth-order valence-corrected chi connectivity index (χ4v) is 6.48. The first-order chi connectivity index (χ1) is 21.3. The quantitative estimate of drug-likeness (QED) is 0.180. The van der Waals surface area contributed by atoms with Gasteiger partial charge in [0.1, 0.15) is 22.4 Å². The summed E-state index contributed by atoms with van der Waals surface area (Å²) in [6.07, 6.45) is 2.40. The van der Waals surface area contributed by atoms with Crippen molar-refractivity contribution in [3.63, 3.8) is 0 Å². The molecule has 2 saturated heterocycles. The summed E-state index contributed by atoms with van der Waals surface area (Å²) in [4.78, 5) is 28.9. The Morgan fingerprint density at radius 2 is 1.80 bits per heavy atom. The number of nitrogens with zero attached hydrogens (tertiary/aromatic N) is 2. The second-order valence-electron chi connectivity index (χ2n) is 10.2. The van der Waals surface area contributed by atoms with E-state index in [0.29, 0.717) is 46.2 Å². The van der Waals surface area contributed by atoms with Gasteiger partial charge in [-0.05, 0) is 72.5 Å². The average Bonchev–Trinajstić information content (AvgIpc) is 3.29. The molecule has 0 bridgehead atoms. The molecule has 1 amide bonds. The van der Waals surface area contributed by atoms with E-state index in [4.69, 9.17) is 43.1 Å². The lowest BCUT2D eigenvalue weighted by Gasteiger charge is -2.26. The lowest BCUT2D eigenvalue weighted by atomic mass is 10.0. The van der Waals surface area contributed by atoms with Gasteiger partial charge in [-0.15, -0.1) is 0 Å². The van der Waals surface area contributed by atoms with Crippen molar-refractivity contribution in [2.24, 2.45) is 0 Å². The second-order valence-corrected chi connectivity index (χ2v) is 12.3. The van der Waals surface area contributed by atoms with E-state index in [9.17, 15) is 9.59 Å². The number of amides is 1. The van der Waals surface area contributed by atoms with Gasteiger partial charge < -0.3 is 19.3 Å². The van der Waals surface area contributed by atoms with Crippen molar-refractivity contribution < 1.29 is 28.9 Å². The molecule has 11 heteroatoms. The number of carboxylic acids is 1. The van der Waals surface area contributed by atoms with E-state index in [0.717, 1.165) is 60.9 Å². The van der Waals surface area contributed by atoms with Crippen molar-refractivity contribution in [2.75, 3.05) is 52.6 Å². The number of morpholine rings is 1. The summed E-state index contributed by atoms with van der Waals surface area (Å²) in [5.41, 5.74) is 3.70. The highest BCUT2D eigenvalue weighted by atomic mass is 35.5. The number of hydrogen-bond donors (Lipinski definition) is 1. The van der Waals surface area contributed by atoms with Crippen LogP contribution in [-0.4, -0.2) is 83.7 Å². The van der Waals surface area contributed by atoms with E-state index in [2.05, 4.69) is 4.90 Å². The molecule has 0 atom stereocenters. The van der Waals surface area contributed by atoms with Crippen LogP contribution in [-0.2, 0) is 16.0 Å². The molecule has 3 aromatic carbocycles. The van der Waals surface area contributed by atoms with Crippen molar-refractivity contribution in [3.05, 3.63) is 87.3 Å². The third-order valence-electron chi connectivity index (χ3n) is 7.31. The normalized spacial score (nSPS) is 16.5. The van der Waals surface area contributed by atoms with Crippen LogP contribution in [0.2, 0.25) is 5.02 Å². The number of ether oxygens (including phenoxy) is 3. The van der Waals surface area contributed by atoms with Gasteiger partial charge >= 0.3 is 5.97 Å². The summed E-state index contributed by atoms with van der Waals surface area (Å²) in [6.45, 7) is 7.38. The van der Waals surface area contributed by atoms with Crippen LogP contribution in [0.15, 0.2) is 65.6 Å². The molecule has 5 rings (SSSR count). The van der Waals surface area contributed by atoms with Gasteiger partial charge in [0.2, 0.25) is 0 Å². The fourth-order valence-electron chi connectivity index (χ4n) is 4.94. The zero-order valence-corrected chi connectivity index (χ0v) is 26.7. The smallest absolute Gasteiger partial charge is 0.335 e. The molecule has 3 aromatic rings. The first kappa shape index (κ1) is 32.0. The molecule has 0 aromatic heterocycles. The molecule has 2 aliphatic rings. The number of hydrogen-bond acceptors (Lipinski definition) is 8. The number of thiocarbonyl (C=S) groups is 1. The summed E-state index contributed by atoms with van der Waals surface area (Å²) in [6, 6.07) is 18.2. The number of benzene rings is 3. The minimum absolute atomic E-state index is 0.154. The highest BCUT2D eigenvalue weighted by Gasteiger charge is 2.31. The molecule has 0 radical (unpaired) electrons. The van der Waals surface area contributed by atoms with Crippen LogP contribution in [0.5, 0.6) is 11.5 Å². The van der Waals surface area contributed by atoms with Crippen LogP contribution in [0.4, 0.5) is 0 Å². The molecule has 2 aliphatic heterocycles. The van der Waals surface area contributed by atoms with Crippen molar-refractivity contribution in [1.29, 1.82) is 0 Å². The maximum Gasteiger partial charge on any atom is 0.335 e. The molecule has 2 heterocycles. The number of aromatic carboxylic acids is 1. The lowest BCUT2D eigenvalue weighted by Crippen LogP contribution is -2.38. The molecule has 2 fully saturated rings. The van der Waals surface area contributed by atoms with E-state index in [1.165, 1.54) is 11.8 Å². The molecular weight excluding hydrogens is 620 g/mol. The Kier molecular flexibility index (Phi) is 10.9. The Balaban J connectivity index is 1.34. The fraction of sp³-hybridized carbons (Fsp3) is 0.303. The first-order valence-electron chi connectivity index (χ1n) is 14.4. The molecule has 0 unspecified atom stereocenters. The van der Waals surface area contributed by atoms with Crippen LogP contribution in [0.3, 0.4) is 0 Å². The van der Waals surface area contributed by atoms with Crippen molar-refractivity contribution in [2.45, 2.75) is 13.3 Å². The first-order valence-corrected chi connectivity index (χ1v) is 16.0.